The molecule has 1 aliphatic heterocycles. The summed E-state index contributed by atoms with van der Waals surface area (Å²) in [6.45, 7) is 0.913. The molecule has 0 aromatic carbocycles. The van der Waals surface area contributed by atoms with E-state index in [1.54, 1.807) is 6.20 Å². The second-order valence-electron chi connectivity index (χ2n) is 4.12. The monoisotopic (exact) mass is 218 g/mol. The lowest BCUT2D eigenvalue weighted by molar-refractivity contribution is 0.104. The molecule has 16 heavy (non-hydrogen) atoms. The van der Waals surface area contributed by atoms with Crippen LogP contribution >= 0.6 is 0 Å². The molecule has 84 valence electrons. The number of imidazole rings is 1. The van der Waals surface area contributed by atoms with Crippen LogP contribution in [0.25, 0.3) is 11.2 Å². The first-order chi connectivity index (χ1) is 7.92. The van der Waals surface area contributed by atoms with E-state index in [0.717, 1.165) is 36.4 Å². The molecule has 1 saturated heterocycles. The Morgan fingerprint density at radius 3 is 3.31 bits per heavy atom. The van der Waals surface area contributed by atoms with Gasteiger partial charge in [0.25, 0.3) is 0 Å². The molecule has 0 amide bonds. The molecule has 0 radical (unpaired) electrons. The molecule has 0 bridgehead atoms. The van der Waals surface area contributed by atoms with Gasteiger partial charge in [0.05, 0.1) is 12.3 Å². The fourth-order valence-corrected chi connectivity index (χ4v) is 2.10. The average molecular weight is 218 g/mol. The van der Waals surface area contributed by atoms with Crippen molar-refractivity contribution in [2.24, 2.45) is 0 Å². The summed E-state index contributed by atoms with van der Waals surface area (Å²) < 4.78 is 5.58. The minimum absolute atomic E-state index is 0.416. The van der Waals surface area contributed by atoms with E-state index in [4.69, 9.17) is 4.74 Å². The van der Waals surface area contributed by atoms with Crippen LogP contribution in [0.2, 0.25) is 0 Å². The molecular formula is C11H14N4O. The highest BCUT2D eigenvalue weighted by molar-refractivity contribution is 5.68. The number of nitrogens with one attached hydrogen (secondary N) is 1. The van der Waals surface area contributed by atoms with Gasteiger partial charge in [-0.05, 0) is 19.3 Å². The first-order valence-electron chi connectivity index (χ1n) is 5.68. The van der Waals surface area contributed by atoms with Crippen LogP contribution in [-0.4, -0.2) is 32.6 Å². The number of hydrogen-bond acceptors (Lipinski definition) is 4. The number of ether oxygens (including phenoxy) is 1. The third-order valence-electron chi connectivity index (χ3n) is 2.94. The average Bonchev–Trinajstić information content (AvgIpc) is 2.95. The number of rotatable bonds is 3. The van der Waals surface area contributed by atoms with E-state index in [1.807, 2.05) is 0 Å². The molecule has 0 aliphatic carbocycles. The van der Waals surface area contributed by atoms with Crippen LogP contribution in [0.15, 0.2) is 12.5 Å². The van der Waals surface area contributed by atoms with Crippen LogP contribution in [0, 0.1) is 0 Å². The molecule has 5 heteroatoms. The minimum atomic E-state index is 0.416. The van der Waals surface area contributed by atoms with Crippen LogP contribution in [0.3, 0.4) is 0 Å². The summed E-state index contributed by atoms with van der Waals surface area (Å²) in [5, 5.41) is 0. The highest BCUT2D eigenvalue weighted by atomic mass is 16.5. The number of aryl methyl sites for hydroxylation is 1. The molecule has 1 unspecified atom stereocenters. The van der Waals surface area contributed by atoms with E-state index >= 15 is 0 Å². The van der Waals surface area contributed by atoms with Gasteiger partial charge in [0.1, 0.15) is 17.7 Å². The van der Waals surface area contributed by atoms with Crippen molar-refractivity contribution in [2.75, 3.05) is 6.61 Å². The van der Waals surface area contributed by atoms with Crippen LogP contribution in [0.1, 0.15) is 25.1 Å². The van der Waals surface area contributed by atoms with Crippen molar-refractivity contribution in [3.05, 3.63) is 18.3 Å². The third-order valence-corrected chi connectivity index (χ3v) is 2.94. The van der Waals surface area contributed by atoms with Gasteiger partial charge in [0.15, 0.2) is 5.65 Å². The Labute approximate surface area is 93.3 Å². The van der Waals surface area contributed by atoms with Crippen molar-refractivity contribution in [1.82, 2.24) is 19.9 Å². The lowest BCUT2D eigenvalue weighted by Gasteiger charge is -2.06. The summed E-state index contributed by atoms with van der Waals surface area (Å²) in [5.41, 5.74) is 1.65. The summed E-state index contributed by atoms with van der Waals surface area (Å²) in [7, 11) is 0. The Balaban J connectivity index is 1.69. The number of hydrogen-bond donors (Lipinski definition) is 1. The quantitative estimate of drug-likeness (QED) is 0.847. The van der Waals surface area contributed by atoms with Gasteiger partial charge in [-0.1, -0.05) is 0 Å². The fourth-order valence-electron chi connectivity index (χ4n) is 2.10. The molecule has 5 nitrogen and oxygen atoms in total. The zero-order valence-electron chi connectivity index (χ0n) is 9.02. The van der Waals surface area contributed by atoms with Crippen molar-refractivity contribution in [3.63, 3.8) is 0 Å². The molecule has 0 saturated carbocycles. The van der Waals surface area contributed by atoms with E-state index in [0.29, 0.717) is 6.10 Å². The SMILES string of the molecule is c1ncc2[nH]c(CCC3CCCO3)nc2n1. The van der Waals surface area contributed by atoms with Gasteiger partial charge in [0.2, 0.25) is 0 Å². The zero-order valence-corrected chi connectivity index (χ0v) is 9.02. The van der Waals surface area contributed by atoms with Gasteiger partial charge in [0, 0.05) is 13.0 Å². The number of H-pyrrole nitrogens is 1. The smallest absolute Gasteiger partial charge is 0.180 e. The van der Waals surface area contributed by atoms with Gasteiger partial charge in [-0.25, -0.2) is 15.0 Å². The van der Waals surface area contributed by atoms with E-state index < -0.39 is 0 Å². The second-order valence-corrected chi connectivity index (χ2v) is 4.12. The zero-order chi connectivity index (χ0) is 10.8. The summed E-state index contributed by atoms with van der Waals surface area (Å²) in [6, 6.07) is 0. The van der Waals surface area contributed by atoms with Crippen LogP contribution in [0.4, 0.5) is 0 Å². The van der Waals surface area contributed by atoms with Gasteiger partial charge < -0.3 is 9.72 Å². The largest absolute Gasteiger partial charge is 0.378 e. The minimum Gasteiger partial charge on any atom is -0.378 e. The lowest BCUT2D eigenvalue weighted by atomic mass is 10.1. The van der Waals surface area contributed by atoms with Crippen molar-refractivity contribution >= 4 is 11.2 Å². The first-order valence-corrected chi connectivity index (χ1v) is 5.68. The predicted molar refractivity (Wildman–Crippen MR) is 59.0 cm³/mol. The standard InChI is InChI=1S/C11H14N4O/c1-2-8(16-5-1)3-4-10-14-9-6-12-7-13-11(9)15-10/h6-8H,1-5H2,(H,12,13,14,15). The Kier molecular flexibility index (Phi) is 2.53. The van der Waals surface area contributed by atoms with Crippen molar-refractivity contribution in [1.29, 1.82) is 0 Å². The van der Waals surface area contributed by atoms with Gasteiger partial charge in [-0.3, -0.25) is 0 Å². The van der Waals surface area contributed by atoms with Gasteiger partial charge >= 0.3 is 0 Å². The van der Waals surface area contributed by atoms with Crippen molar-refractivity contribution in [2.45, 2.75) is 31.8 Å². The summed E-state index contributed by atoms with van der Waals surface area (Å²) in [4.78, 5) is 15.7. The lowest BCUT2D eigenvalue weighted by Crippen LogP contribution is -2.06. The maximum absolute atomic E-state index is 5.58. The number of aromatic amines is 1. The topological polar surface area (TPSA) is 63.7 Å². The Morgan fingerprint density at radius 2 is 2.50 bits per heavy atom. The molecular weight excluding hydrogens is 204 g/mol. The predicted octanol–water partition coefficient (Wildman–Crippen LogP) is 1.46. The van der Waals surface area contributed by atoms with E-state index in [9.17, 15) is 0 Å². The number of aromatic nitrogens is 4. The maximum Gasteiger partial charge on any atom is 0.180 e. The summed E-state index contributed by atoms with van der Waals surface area (Å²) >= 11 is 0. The van der Waals surface area contributed by atoms with E-state index in [2.05, 4.69) is 19.9 Å². The molecule has 0 spiro atoms. The Morgan fingerprint density at radius 1 is 1.50 bits per heavy atom. The van der Waals surface area contributed by atoms with Crippen LogP contribution < -0.4 is 0 Å². The van der Waals surface area contributed by atoms with Gasteiger partial charge in [-0.2, -0.15) is 0 Å². The molecule has 3 heterocycles. The van der Waals surface area contributed by atoms with Crippen molar-refractivity contribution in [3.8, 4) is 0 Å². The fraction of sp³-hybridized carbons (Fsp3) is 0.545. The number of fused-ring (bicyclic) bond motifs is 1. The van der Waals surface area contributed by atoms with E-state index in [1.165, 1.54) is 19.2 Å². The highest BCUT2D eigenvalue weighted by Crippen LogP contribution is 2.17. The van der Waals surface area contributed by atoms with Crippen molar-refractivity contribution < 1.29 is 4.74 Å². The molecule has 1 N–H and O–H groups in total. The molecule has 2 aromatic rings. The second kappa shape index (κ2) is 4.17. The van der Waals surface area contributed by atoms with Crippen LogP contribution in [0.5, 0.6) is 0 Å². The molecule has 3 rings (SSSR count). The Hall–Kier alpha value is -1.49. The molecule has 1 atom stereocenters. The highest BCUT2D eigenvalue weighted by Gasteiger charge is 2.15. The van der Waals surface area contributed by atoms with E-state index in [-0.39, 0.29) is 0 Å². The van der Waals surface area contributed by atoms with Crippen LogP contribution in [-0.2, 0) is 11.2 Å². The Bertz CT molecular complexity index is 443. The third kappa shape index (κ3) is 1.90. The number of nitrogens with zero attached hydrogens (tertiary/aromatic N) is 3. The molecule has 2 aromatic heterocycles. The maximum atomic E-state index is 5.58. The molecule has 1 aliphatic rings. The summed E-state index contributed by atoms with van der Waals surface area (Å²) in [5.74, 6) is 0.978. The van der Waals surface area contributed by atoms with Gasteiger partial charge in [-0.15, -0.1) is 0 Å². The first kappa shape index (κ1) is 9.72. The normalized spacial score (nSPS) is 20.6. The molecule has 1 fully saturated rings. The summed E-state index contributed by atoms with van der Waals surface area (Å²) in [6.07, 6.45) is 8.02.